The Kier molecular flexibility index (Phi) is 4.46. The van der Waals surface area contributed by atoms with E-state index in [9.17, 15) is 9.47 Å². The Balaban J connectivity index is 2.17. The number of nitriles is 1. The molecule has 2 aromatic heterocycles. The summed E-state index contributed by atoms with van der Waals surface area (Å²) in [4.78, 5) is 6.89. The average Bonchev–Trinajstić information content (AvgIpc) is 3.03. The van der Waals surface area contributed by atoms with Crippen LogP contribution in [0.2, 0.25) is 0 Å². The van der Waals surface area contributed by atoms with Gasteiger partial charge in [-0.05, 0) is 30.2 Å². The summed E-state index contributed by atoms with van der Waals surface area (Å²) in [5.41, 5.74) is 4.24. The van der Waals surface area contributed by atoms with Gasteiger partial charge < -0.3 is 4.90 Å². The van der Waals surface area contributed by atoms with Gasteiger partial charge in [0.15, 0.2) is 5.65 Å². The van der Waals surface area contributed by atoms with Crippen molar-refractivity contribution in [3.05, 3.63) is 58.9 Å². The summed E-state index contributed by atoms with van der Waals surface area (Å²) in [5.74, 6) is 0.984. The zero-order valence-corrected chi connectivity index (χ0v) is 16.1. The molecule has 2 heterocycles. The van der Waals surface area contributed by atoms with E-state index in [1.807, 2.05) is 48.6 Å². The lowest BCUT2D eigenvalue weighted by molar-refractivity contribution is 0.679. The van der Waals surface area contributed by atoms with Crippen LogP contribution in [0.25, 0.3) is 5.65 Å². The average molecular weight is 367 g/mol. The molecule has 6 nitrogen and oxygen atoms in total. The molecule has 0 amide bonds. The Morgan fingerprint density at radius 3 is 2.50 bits per heavy atom. The molecule has 3 rings (SSSR count). The first-order valence-electron chi connectivity index (χ1n) is 8.12. The number of aromatic nitrogens is 2. The molecule has 0 radical (unpaired) electrons. The number of anilines is 1. The lowest BCUT2D eigenvalue weighted by atomic mass is 9.97. The van der Waals surface area contributed by atoms with Gasteiger partial charge in [0, 0.05) is 49.6 Å². The number of nitrogens with zero attached hydrogens (tertiary/aromatic N) is 4. The van der Waals surface area contributed by atoms with Crippen molar-refractivity contribution >= 4 is 21.2 Å². The van der Waals surface area contributed by atoms with E-state index in [4.69, 9.17) is 4.78 Å². The summed E-state index contributed by atoms with van der Waals surface area (Å²) in [6, 6.07) is 9.57. The first-order valence-corrected chi connectivity index (χ1v) is 10.1. The molecular formula is C19H21N5OS. The zero-order valence-electron chi connectivity index (χ0n) is 15.3. The molecule has 0 bridgehead atoms. The normalized spacial score (nSPS) is 13.3. The molecular weight excluding hydrogens is 346 g/mol. The Labute approximate surface area is 153 Å². The number of imidazole rings is 1. The Hall–Kier alpha value is -2.85. The topological polar surface area (TPSA) is 85.2 Å². The minimum atomic E-state index is -2.72. The van der Waals surface area contributed by atoms with Crippen LogP contribution in [0.5, 0.6) is 0 Å². The highest BCUT2D eigenvalue weighted by atomic mass is 32.2. The van der Waals surface area contributed by atoms with Crippen molar-refractivity contribution < 1.29 is 4.21 Å². The molecule has 1 aromatic carbocycles. The number of fused-ring (bicyclic) bond motifs is 1. The van der Waals surface area contributed by atoms with Crippen LogP contribution in [0.4, 0.5) is 5.82 Å². The zero-order chi connectivity index (χ0) is 19.1. The highest BCUT2D eigenvalue weighted by Crippen LogP contribution is 2.30. The summed E-state index contributed by atoms with van der Waals surface area (Å²) in [6.07, 6.45) is 5.62. The minimum Gasteiger partial charge on any atom is -0.364 e. The van der Waals surface area contributed by atoms with Crippen molar-refractivity contribution in [1.82, 2.24) is 9.38 Å². The van der Waals surface area contributed by atoms with Gasteiger partial charge in [0.05, 0.1) is 15.3 Å². The van der Waals surface area contributed by atoms with Crippen molar-refractivity contribution in [2.75, 3.05) is 25.3 Å². The van der Waals surface area contributed by atoms with Crippen LogP contribution in [0.3, 0.4) is 0 Å². The molecule has 3 aromatic rings. The molecule has 0 aliphatic carbocycles. The highest BCUT2D eigenvalue weighted by molar-refractivity contribution is 7.91. The van der Waals surface area contributed by atoms with Crippen molar-refractivity contribution in [3.8, 4) is 6.07 Å². The predicted octanol–water partition coefficient (Wildman–Crippen LogP) is 3.21. The second kappa shape index (κ2) is 6.46. The van der Waals surface area contributed by atoms with Crippen LogP contribution in [-0.4, -0.2) is 33.9 Å². The fraction of sp³-hybridized carbons (Fsp3) is 0.263. The molecule has 0 saturated carbocycles. The molecule has 26 heavy (non-hydrogen) atoms. The van der Waals surface area contributed by atoms with Crippen LogP contribution >= 0.6 is 0 Å². The Morgan fingerprint density at radius 1 is 1.31 bits per heavy atom. The maximum Gasteiger partial charge on any atom is 0.156 e. The third-order valence-electron chi connectivity index (χ3n) is 4.48. The molecule has 0 unspecified atom stereocenters. The van der Waals surface area contributed by atoms with E-state index in [-0.39, 0.29) is 0 Å². The molecule has 1 N–H and O–H groups in total. The van der Waals surface area contributed by atoms with Gasteiger partial charge in [-0.1, -0.05) is 12.1 Å². The Morgan fingerprint density at radius 2 is 1.96 bits per heavy atom. The van der Waals surface area contributed by atoms with Crippen molar-refractivity contribution in [1.29, 1.82) is 10.0 Å². The van der Waals surface area contributed by atoms with Crippen LogP contribution < -0.4 is 4.90 Å². The minimum absolute atomic E-state index is 0.522. The molecule has 0 fully saturated rings. The molecule has 0 spiro atoms. The smallest absolute Gasteiger partial charge is 0.156 e. The molecule has 1 atom stereocenters. The lowest BCUT2D eigenvalue weighted by Gasteiger charge is -2.22. The lowest BCUT2D eigenvalue weighted by Crippen LogP contribution is -2.18. The molecule has 134 valence electrons. The van der Waals surface area contributed by atoms with Crippen LogP contribution in [-0.2, 0) is 16.1 Å². The van der Waals surface area contributed by atoms with Crippen molar-refractivity contribution in [3.63, 3.8) is 0 Å². The Bertz CT molecular complexity index is 1120. The number of hydrogen-bond acceptors (Lipinski definition) is 5. The van der Waals surface area contributed by atoms with E-state index >= 15 is 0 Å². The summed E-state index contributed by atoms with van der Waals surface area (Å²) < 4.78 is 21.5. The van der Waals surface area contributed by atoms with E-state index in [2.05, 4.69) is 11.1 Å². The first-order chi connectivity index (χ1) is 12.2. The van der Waals surface area contributed by atoms with Gasteiger partial charge in [0.25, 0.3) is 0 Å². The fourth-order valence-corrected chi connectivity index (χ4v) is 3.85. The second-order valence-electron chi connectivity index (χ2n) is 6.59. The van der Waals surface area contributed by atoms with Crippen molar-refractivity contribution in [2.45, 2.75) is 18.2 Å². The fourth-order valence-electron chi connectivity index (χ4n) is 3.19. The number of pyridine rings is 1. The molecule has 7 heteroatoms. The quantitative estimate of drug-likeness (QED) is 0.767. The number of nitrogens with one attached hydrogen (secondary N) is 1. The molecule has 0 aliphatic rings. The van der Waals surface area contributed by atoms with Crippen molar-refractivity contribution in [2.24, 2.45) is 0 Å². The van der Waals surface area contributed by atoms with E-state index in [0.717, 1.165) is 22.5 Å². The maximum atomic E-state index is 11.9. The third-order valence-corrected chi connectivity index (χ3v) is 5.65. The number of rotatable bonds is 4. The SMILES string of the molecule is Cc1c(Cc2ccc([S@](C)(=N)=O)cc2)c(N(C)C)n2ccnc2c1C#N. The summed E-state index contributed by atoms with van der Waals surface area (Å²) in [5, 5.41) is 9.61. The summed E-state index contributed by atoms with van der Waals surface area (Å²) in [7, 11) is 1.22. The van der Waals surface area contributed by atoms with E-state index in [0.29, 0.717) is 22.5 Å². The monoisotopic (exact) mass is 367 g/mol. The largest absolute Gasteiger partial charge is 0.364 e. The second-order valence-corrected chi connectivity index (χ2v) is 8.75. The summed E-state index contributed by atoms with van der Waals surface area (Å²) >= 11 is 0. The van der Waals surface area contributed by atoms with Crippen LogP contribution in [0, 0.1) is 23.0 Å². The van der Waals surface area contributed by atoms with Crippen LogP contribution in [0.1, 0.15) is 22.3 Å². The van der Waals surface area contributed by atoms with E-state index < -0.39 is 9.73 Å². The van der Waals surface area contributed by atoms with E-state index in [1.54, 1.807) is 18.3 Å². The number of benzene rings is 1. The van der Waals surface area contributed by atoms with Crippen LogP contribution in [0.15, 0.2) is 41.6 Å². The highest BCUT2D eigenvalue weighted by Gasteiger charge is 2.19. The van der Waals surface area contributed by atoms with Gasteiger partial charge in [-0.3, -0.25) is 4.40 Å². The summed E-state index contributed by atoms with van der Waals surface area (Å²) in [6.45, 7) is 1.95. The van der Waals surface area contributed by atoms with Gasteiger partial charge in [0.1, 0.15) is 11.9 Å². The molecule has 0 saturated heterocycles. The number of hydrogen-bond donors (Lipinski definition) is 1. The van der Waals surface area contributed by atoms with Gasteiger partial charge in [-0.2, -0.15) is 5.26 Å². The molecule has 0 aliphatic heterocycles. The van der Waals surface area contributed by atoms with Gasteiger partial charge >= 0.3 is 0 Å². The van der Waals surface area contributed by atoms with Gasteiger partial charge in [-0.25, -0.2) is 14.0 Å². The standard InChI is InChI=1S/C19H21N5OS/c1-13-16(11-14-5-7-15(8-6-14)26(4,21)25)19(23(2)3)24-10-9-22-18(24)17(13)12-20/h5-10,21H,11H2,1-4H3/t26-/m1/s1. The van der Waals surface area contributed by atoms with Gasteiger partial charge in [0.2, 0.25) is 0 Å². The van der Waals surface area contributed by atoms with Gasteiger partial charge in [-0.15, -0.1) is 0 Å². The predicted molar refractivity (Wildman–Crippen MR) is 103 cm³/mol. The third kappa shape index (κ3) is 3.04. The maximum absolute atomic E-state index is 11.9. The van der Waals surface area contributed by atoms with E-state index in [1.165, 1.54) is 6.26 Å². The first kappa shape index (κ1) is 18.0.